The highest BCUT2D eigenvalue weighted by Gasteiger charge is 2.53. The Morgan fingerprint density at radius 3 is 2.00 bits per heavy atom. The highest BCUT2D eigenvalue weighted by Crippen LogP contribution is 2.61. The van der Waals surface area contributed by atoms with Crippen LogP contribution < -0.4 is 0 Å². The molecule has 10 atom stereocenters. The molecule has 0 aromatic rings. The van der Waals surface area contributed by atoms with Crippen molar-refractivity contribution in [2.75, 3.05) is 0 Å². The van der Waals surface area contributed by atoms with E-state index in [1.807, 2.05) is 0 Å². The molecule has 10 unspecified atom stereocenters. The van der Waals surface area contributed by atoms with E-state index in [1.54, 1.807) is 39.0 Å². The van der Waals surface area contributed by atoms with Gasteiger partial charge in [0, 0.05) is 0 Å². The highest BCUT2D eigenvalue weighted by molar-refractivity contribution is 5.73. The predicted molar refractivity (Wildman–Crippen MR) is 117 cm³/mol. The third-order valence-corrected chi connectivity index (χ3v) is 10.5. The van der Waals surface area contributed by atoms with E-state index in [1.165, 1.54) is 44.9 Å². The number of fused-ring (bicyclic) bond motifs is 7. The van der Waals surface area contributed by atoms with Gasteiger partial charge in [0.25, 0.3) is 0 Å². The second kappa shape index (κ2) is 8.04. The highest BCUT2D eigenvalue weighted by atomic mass is 16.5. The normalized spacial score (nSPS) is 47.2. The Morgan fingerprint density at radius 2 is 1.31 bits per heavy atom. The summed E-state index contributed by atoms with van der Waals surface area (Å²) in [6.07, 6.45) is 17.6. The maximum absolute atomic E-state index is 12.4. The Bertz CT molecular complexity index is 638. The molecule has 5 aliphatic carbocycles. The van der Waals surface area contributed by atoms with E-state index >= 15 is 0 Å². The average Bonchev–Trinajstić information content (AvgIpc) is 3.20. The van der Waals surface area contributed by atoms with Crippen LogP contribution in [0, 0.1) is 59.2 Å². The summed E-state index contributed by atoms with van der Waals surface area (Å²) in [5.41, 5.74) is 0. The average molecular weight is 399 g/mol. The topological polar surface area (TPSA) is 26.3 Å². The van der Waals surface area contributed by atoms with E-state index in [0.29, 0.717) is 11.7 Å². The first-order valence-electron chi connectivity index (χ1n) is 12.9. The molecule has 0 amide bonds. The zero-order valence-electron chi connectivity index (χ0n) is 18.8. The Balaban J connectivity index is 1.23. The first kappa shape index (κ1) is 20.1. The summed E-state index contributed by atoms with van der Waals surface area (Å²) in [6, 6.07) is 0. The van der Waals surface area contributed by atoms with Crippen LogP contribution in [-0.2, 0) is 9.53 Å². The van der Waals surface area contributed by atoms with Gasteiger partial charge in [-0.1, -0.05) is 26.3 Å². The molecule has 0 bridgehead atoms. The van der Waals surface area contributed by atoms with Gasteiger partial charge in [0.2, 0.25) is 0 Å². The van der Waals surface area contributed by atoms with Gasteiger partial charge in [-0.15, -0.1) is 0 Å². The smallest absolute Gasteiger partial charge is 0.313 e. The van der Waals surface area contributed by atoms with Gasteiger partial charge in [-0.2, -0.15) is 0 Å². The number of carbonyl (C=O) groups excluding carboxylic acids is 1. The Labute approximate surface area is 178 Å². The molecule has 0 aromatic carbocycles. The van der Waals surface area contributed by atoms with Crippen molar-refractivity contribution in [3.63, 3.8) is 0 Å². The van der Waals surface area contributed by atoms with Crippen molar-refractivity contribution < 1.29 is 9.53 Å². The van der Waals surface area contributed by atoms with Gasteiger partial charge >= 0.3 is 5.97 Å². The lowest BCUT2D eigenvalue weighted by molar-refractivity contribution is -0.147. The molecule has 0 N–H and O–H groups in total. The minimum absolute atomic E-state index is 0.0266. The number of esters is 1. The first-order chi connectivity index (χ1) is 14.0. The predicted octanol–water partition coefficient (Wildman–Crippen LogP) is 6.99. The van der Waals surface area contributed by atoms with Crippen LogP contribution in [0.1, 0.15) is 90.9 Å². The summed E-state index contributed by atoms with van der Waals surface area (Å²) in [5, 5.41) is 0. The standard InChI is InChI=1S/C27H42O2/c1-16(2)29-27(28)17(3)19-8-10-22-20(15-19)9-12-26-24(22)14-13-23-21-6-4-5-18(21)7-11-25(23)26/h17-26H,1,4-15H2,2-3H3. The minimum atomic E-state index is -0.0523. The van der Waals surface area contributed by atoms with Crippen molar-refractivity contribution in [1.29, 1.82) is 0 Å². The van der Waals surface area contributed by atoms with Gasteiger partial charge in [-0.05, 0) is 124 Å². The van der Waals surface area contributed by atoms with Crippen molar-refractivity contribution >= 4 is 5.97 Å². The van der Waals surface area contributed by atoms with Crippen molar-refractivity contribution in [3.8, 4) is 0 Å². The summed E-state index contributed by atoms with van der Waals surface area (Å²) in [7, 11) is 0. The molecule has 0 heterocycles. The molecule has 5 fully saturated rings. The van der Waals surface area contributed by atoms with Crippen LogP contribution in [0.5, 0.6) is 0 Å². The van der Waals surface area contributed by atoms with Crippen molar-refractivity contribution in [3.05, 3.63) is 12.3 Å². The quantitative estimate of drug-likeness (QED) is 0.378. The first-order valence-corrected chi connectivity index (χ1v) is 12.9. The Kier molecular flexibility index (Phi) is 5.58. The fourth-order valence-electron chi connectivity index (χ4n) is 9.30. The van der Waals surface area contributed by atoms with Gasteiger partial charge in [-0.3, -0.25) is 4.79 Å². The monoisotopic (exact) mass is 398 g/mol. The fraction of sp³-hybridized carbons (Fsp3) is 0.889. The van der Waals surface area contributed by atoms with Crippen LogP contribution in [0.2, 0.25) is 0 Å². The van der Waals surface area contributed by atoms with E-state index < -0.39 is 0 Å². The van der Waals surface area contributed by atoms with E-state index in [4.69, 9.17) is 4.74 Å². The van der Waals surface area contributed by atoms with Crippen molar-refractivity contribution in [1.82, 2.24) is 0 Å². The van der Waals surface area contributed by atoms with Gasteiger partial charge in [0.05, 0.1) is 11.7 Å². The van der Waals surface area contributed by atoms with E-state index in [9.17, 15) is 4.79 Å². The zero-order chi connectivity index (χ0) is 20.1. The third-order valence-electron chi connectivity index (χ3n) is 10.5. The minimum Gasteiger partial charge on any atom is -0.432 e. The lowest BCUT2D eigenvalue weighted by Crippen LogP contribution is -2.49. The number of rotatable bonds is 3. The molecule has 0 radical (unpaired) electrons. The van der Waals surface area contributed by atoms with E-state index in [2.05, 4.69) is 13.5 Å². The van der Waals surface area contributed by atoms with Crippen LogP contribution in [0.25, 0.3) is 0 Å². The van der Waals surface area contributed by atoms with Crippen LogP contribution in [0.3, 0.4) is 0 Å². The molecule has 29 heavy (non-hydrogen) atoms. The molecule has 162 valence electrons. The largest absolute Gasteiger partial charge is 0.432 e. The van der Waals surface area contributed by atoms with Gasteiger partial charge in [-0.25, -0.2) is 0 Å². The number of carbonyl (C=O) groups is 1. The molecule has 0 spiro atoms. The molecule has 2 heteroatoms. The SMILES string of the molecule is C=C(C)OC(=O)C(C)C1CCC2C(CCC3C2CCC2C4CCCC4CCC23)C1. The fourth-order valence-corrected chi connectivity index (χ4v) is 9.30. The number of allylic oxidation sites excluding steroid dienone is 1. The molecule has 0 aliphatic heterocycles. The molecule has 0 aromatic heterocycles. The van der Waals surface area contributed by atoms with Crippen molar-refractivity contribution in [2.24, 2.45) is 59.2 Å². The molecular formula is C27H42O2. The Morgan fingerprint density at radius 1 is 0.759 bits per heavy atom. The maximum atomic E-state index is 12.4. The van der Waals surface area contributed by atoms with Gasteiger partial charge in [0.15, 0.2) is 0 Å². The summed E-state index contributed by atoms with van der Waals surface area (Å²) < 4.78 is 5.35. The molecule has 0 saturated heterocycles. The lowest BCUT2D eigenvalue weighted by atomic mass is 9.48. The third kappa shape index (κ3) is 3.61. The second-order valence-corrected chi connectivity index (χ2v) is 11.7. The summed E-state index contributed by atoms with van der Waals surface area (Å²) in [4.78, 5) is 12.4. The van der Waals surface area contributed by atoms with Crippen LogP contribution in [-0.4, -0.2) is 5.97 Å². The second-order valence-electron chi connectivity index (χ2n) is 11.7. The molecular weight excluding hydrogens is 356 g/mol. The van der Waals surface area contributed by atoms with Crippen LogP contribution in [0.4, 0.5) is 0 Å². The van der Waals surface area contributed by atoms with E-state index in [0.717, 1.165) is 47.3 Å². The van der Waals surface area contributed by atoms with Crippen LogP contribution in [0.15, 0.2) is 12.3 Å². The van der Waals surface area contributed by atoms with Gasteiger partial charge in [0.1, 0.15) is 0 Å². The summed E-state index contributed by atoms with van der Waals surface area (Å²) in [6.45, 7) is 7.61. The van der Waals surface area contributed by atoms with Crippen molar-refractivity contribution in [2.45, 2.75) is 90.9 Å². The summed E-state index contributed by atoms with van der Waals surface area (Å²) >= 11 is 0. The molecule has 5 aliphatic rings. The maximum Gasteiger partial charge on any atom is 0.313 e. The Hall–Kier alpha value is -0.790. The number of hydrogen-bond donors (Lipinski definition) is 0. The van der Waals surface area contributed by atoms with Gasteiger partial charge < -0.3 is 4.74 Å². The molecule has 5 saturated carbocycles. The van der Waals surface area contributed by atoms with Crippen LogP contribution >= 0.6 is 0 Å². The number of ether oxygens (including phenoxy) is 1. The molecule has 5 rings (SSSR count). The molecule has 2 nitrogen and oxygen atoms in total. The summed E-state index contributed by atoms with van der Waals surface area (Å²) in [5.74, 6) is 9.25. The zero-order valence-corrected chi connectivity index (χ0v) is 18.8. The lowest BCUT2D eigenvalue weighted by Gasteiger charge is -2.57. The number of hydrogen-bond acceptors (Lipinski definition) is 2. The van der Waals surface area contributed by atoms with E-state index in [-0.39, 0.29) is 11.9 Å².